The minimum atomic E-state index is -0.0456. The third-order valence-electron chi connectivity index (χ3n) is 5.64. The number of likely N-dealkylation sites (tertiary alicyclic amines) is 1. The number of piperidine rings is 1. The van der Waals surface area contributed by atoms with E-state index in [9.17, 15) is 4.79 Å². The number of carbonyl (C=O) groups excluding carboxylic acids is 1. The van der Waals surface area contributed by atoms with Gasteiger partial charge >= 0.3 is 0 Å². The smallest absolute Gasteiger partial charge is 0.223 e. The number of carbonyl (C=O) groups is 1. The average molecular weight is 347 g/mol. The highest BCUT2D eigenvalue weighted by Crippen LogP contribution is 2.40. The second kappa shape index (κ2) is 6.75. The van der Waals surface area contributed by atoms with Crippen LogP contribution >= 0.6 is 0 Å². The summed E-state index contributed by atoms with van der Waals surface area (Å²) < 4.78 is 0. The summed E-state index contributed by atoms with van der Waals surface area (Å²) in [5.74, 6) is 1.15. The number of hydrogen-bond donors (Lipinski definition) is 0. The van der Waals surface area contributed by atoms with Crippen molar-refractivity contribution in [2.24, 2.45) is 0 Å². The number of nitrogens with zero attached hydrogens (tertiary/aromatic N) is 5. The maximum Gasteiger partial charge on any atom is 0.223 e. The van der Waals surface area contributed by atoms with Gasteiger partial charge < -0.3 is 9.80 Å². The van der Waals surface area contributed by atoms with Crippen LogP contribution in [0.15, 0.2) is 42.9 Å². The quantitative estimate of drug-likeness (QED) is 0.853. The van der Waals surface area contributed by atoms with Crippen LogP contribution in [0, 0.1) is 11.3 Å². The molecule has 2 fully saturated rings. The van der Waals surface area contributed by atoms with Gasteiger partial charge in [0.2, 0.25) is 5.91 Å². The zero-order valence-corrected chi connectivity index (χ0v) is 14.6. The summed E-state index contributed by atoms with van der Waals surface area (Å²) in [6.07, 6.45) is 8.67. The molecule has 4 rings (SSSR count). The molecule has 0 unspecified atom stereocenters. The fraction of sp³-hybridized carbons (Fsp3) is 0.400. The maximum atomic E-state index is 12.5. The summed E-state index contributed by atoms with van der Waals surface area (Å²) in [5, 5.41) is 8.91. The molecule has 1 spiro atoms. The van der Waals surface area contributed by atoms with Crippen molar-refractivity contribution < 1.29 is 4.79 Å². The normalized spacial score (nSPS) is 19.0. The first kappa shape index (κ1) is 16.5. The molecule has 0 aromatic carbocycles. The Morgan fingerprint density at radius 1 is 1.15 bits per heavy atom. The van der Waals surface area contributed by atoms with Crippen molar-refractivity contribution in [1.29, 1.82) is 5.26 Å². The van der Waals surface area contributed by atoms with E-state index in [1.165, 1.54) is 0 Å². The van der Waals surface area contributed by atoms with Gasteiger partial charge in [0.05, 0.1) is 5.56 Å². The Bertz CT molecular complexity index is 820. The molecule has 0 bridgehead atoms. The Balaban J connectivity index is 1.47. The second-order valence-electron chi connectivity index (χ2n) is 7.07. The molecule has 0 N–H and O–H groups in total. The van der Waals surface area contributed by atoms with Crippen molar-refractivity contribution in [2.45, 2.75) is 37.8 Å². The molecule has 0 radical (unpaired) electrons. The summed E-state index contributed by atoms with van der Waals surface area (Å²) in [7, 11) is 0. The largest absolute Gasteiger partial charge is 0.356 e. The molecule has 2 aromatic rings. The van der Waals surface area contributed by atoms with Gasteiger partial charge in [0.1, 0.15) is 11.9 Å². The van der Waals surface area contributed by atoms with Crippen molar-refractivity contribution >= 4 is 11.7 Å². The molecule has 2 aromatic heterocycles. The molecule has 0 atom stereocenters. The van der Waals surface area contributed by atoms with Crippen LogP contribution in [0.1, 0.15) is 36.8 Å². The highest BCUT2D eigenvalue weighted by molar-refractivity contribution is 5.79. The van der Waals surface area contributed by atoms with Gasteiger partial charge in [-0.2, -0.15) is 5.26 Å². The van der Waals surface area contributed by atoms with E-state index in [-0.39, 0.29) is 11.4 Å². The molecule has 2 aliphatic rings. The summed E-state index contributed by atoms with van der Waals surface area (Å²) in [5.41, 5.74) is 1.61. The Kier molecular flexibility index (Phi) is 4.29. The van der Waals surface area contributed by atoms with Crippen LogP contribution in [-0.2, 0) is 11.3 Å². The molecule has 6 nitrogen and oxygen atoms in total. The van der Waals surface area contributed by atoms with E-state index >= 15 is 0 Å². The lowest BCUT2D eigenvalue weighted by atomic mass is 9.84. The Hall–Kier alpha value is -2.94. The predicted octanol–water partition coefficient (Wildman–Crippen LogP) is 2.51. The molecule has 132 valence electrons. The summed E-state index contributed by atoms with van der Waals surface area (Å²) in [6, 6.07) is 9.76. The van der Waals surface area contributed by atoms with Crippen LogP contribution in [0.2, 0.25) is 0 Å². The predicted molar refractivity (Wildman–Crippen MR) is 97.2 cm³/mol. The third kappa shape index (κ3) is 3.01. The molecule has 1 amide bonds. The fourth-order valence-electron chi connectivity index (χ4n) is 4.12. The molecule has 0 aliphatic carbocycles. The highest BCUT2D eigenvalue weighted by atomic mass is 16.2. The number of hydrogen-bond acceptors (Lipinski definition) is 5. The monoisotopic (exact) mass is 347 g/mol. The Morgan fingerprint density at radius 3 is 2.65 bits per heavy atom. The number of pyridine rings is 2. The van der Waals surface area contributed by atoms with Gasteiger partial charge in [-0.05, 0) is 43.0 Å². The van der Waals surface area contributed by atoms with Crippen molar-refractivity contribution in [3.63, 3.8) is 0 Å². The van der Waals surface area contributed by atoms with Gasteiger partial charge in [0.25, 0.3) is 0 Å². The fourth-order valence-corrected chi connectivity index (χ4v) is 4.12. The zero-order chi connectivity index (χ0) is 18.0. The second-order valence-corrected chi connectivity index (χ2v) is 7.07. The highest BCUT2D eigenvalue weighted by Gasteiger charge is 2.46. The van der Waals surface area contributed by atoms with Gasteiger partial charge in [-0.1, -0.05) is 6.07 Å². The lowest BCUT2D eigenvalue weighted by Crippen LogP contribution is -2.53. The van der Waals surface area contributed by atoms with Crippen LogP contribution in [0.25, 0.3) is 0 Å². The minimum Gasteiger partial charge on any atom is -0.356 e. The minimum absolute atomic E-state index is 0.0456. The molecule has 6 heteroatoms. The van der Waals surface area contributed by atoms with Crippen LogP contribution < -0.4 is 4.90 Å². The number of anilines is 1. The van der Waals surface area contributed by atoms with Gasteiger partial charge in [0.15, 0.2) is 0 Å². The first-order valence-electron chi connectivity index (χ1n) is 9.01. The molecular formula is C20H21N5O. The summed E-state index contributed by atoms with van der Waals surface area (Å²) >= 11 is 0. The van der Waals surface area contributed by atoms with Crippen molar-refractivity contribution in [3.8, 4) is 6.07 Å². The molecule has 2 aliphatic heterocycles. The van der Waals surface area contributed by atoms with E-state index < -0.39 is 0 Å². The number of nitriles is 1. The SMILES string of the molecule is N#Cc1ccc(N2CCC3(CCC(=O)N3Cc3cccnc3)CC2)nc1. The number of rotatable bonds is 3. The number of amides is 1. The van der Waals surface area contributed by atoms with E-state index in [4.69, 9.17) is 5.26 Å². The Morgan fingerprint density at radius 2 is 2.00 bits per heavy atom. The van der Waals surface area contributed by atoms with Crippen LogP contribution in [0.3, 0.4) is 0 Å². The lowest BCUT2D eigenvalue weighted by molar-refractivity contribution is -0.132. The van der Waals surface area contributed by atoms with Crippen LogP contribution in [-0.4, -0.2) is 39.4 Å². The van der Waals surface area contributed by atoms with Crippen molar-refractivity contribution in [2.75, 3.05) is 18.0 Å². The molecule has 0 saturated carbocycles. The lowest BCUT2D eigenvalue weighted by Gasteiger charge is -2.45. The van der Waals surface area contributed by atoms with Gasteiger partial charge in [-0.15, -0.1) is 0 Å². The molecular weight excluding hydrogens is 326 g/mol. The molecule has 4 heterocycles. The zero-order valence-electron chi connectivity index (χ0n) is 14.6. The van der Waals surface area contributed by atoms with E-state index in [0.717, 1.165) is 43.7 Å². The summed E-state index contributed by atoms with van der Waals surface area (Å²) in [6.45, 7) is 2.38. The standard InChI is InChI=1S/C20H21N5O/c21-12-16-3-4-18(23-14-16)24-10-7-20(8-11-24)6-5-19(26)25(20)15-17-2-1-9-22-13-17/h1-4,9,13-14H,5-8,10-11,15H2. The summed E-state index contributed by atoms with van der Waals surface area (Å²) in [4.78, 5) is 25.4. The Labute approximate surface area is 153 Å². The topological polar surface area (TPSA) is 73.1 Å². The maximum absolute atomic E-state index is 12.5. The third-order valence-corrected chi connectivity index (χ3v) is 5.64. The van der Waals surface area contributed by atoms with E-state index in [1.807, 2.05) is 24.4 Å². The van der Waals surface area contributed by atoms with Gasteiger partial charge in [-0.25, -0.2) is 4.98 Å². The van der Waals surface area contributed by atoms with E-state index in [2.05, 4.69) is 25.8 Å². The van der Waals surface area contributed by atoms with E-state index in [0.29, 0.717) is 18.5 Å². The van der Waals surface area contributed by atoms with Crippen LogP contribution in [0.5, 0.6) is 0 Å². The average Bonchev–Trinajstić information content (AvgIpc) is 2.99. The van der Waals surface area contributed by atoms with Crippen LogP contribution in [0.4, 0.5) is 5.82 Å². The van der Waals surface area contributed by atoms with Gasteiger partial charge in [0, 0.05) is 50.2 Å². The molecule has 2 saturated heterocycles. The first-order valence-corrected chi connectivity index (χ1v) is 9.01. The van der Waals surface area contributed by atoms with Crippen molar-refractivity contribution in [3.05, 3.63) is 54.0 Å². The first-order chi connectivity index (χ1) is 12.7. The number of aromatic nitrogens is 2. The van der Waals surface area contributed by atoms with Gasteiger partial charge in [-0.3, -0.25) is 9.78 Å². The molecule has 26 heavy (non-hydrogen) atoms. The van der Waals surface area contributed by atoms with Crippen molar-refractivity contribution in [1.82, 2.24) is 14.9 Å². The van der Waals surface area contributed by atoms with E-state index in [1.54, 1.807) is 18.5 Å².